The van der Waals surface area contributed by atoms with Crippen LogP contribution < -0.4 is 0 Å². The molecule has 0 radical (unpaired) electrons. The molecule has 0 spiro atoms. The van der Waals surface area contributed by atoms with Gasteiger partial charge in [0.1, 0.15) is 5.69 Å². The van der Waals surface area contributed by atoms with Gasteiger partial charge < -0.3 is 0 Å². The first-order valence-electron chi connectivity index (χ1n) is 6.47. The van der Waals surface area contributed by atoms with E-state index in [2.05, 4.69) is 10.2 Å². The summed E-state index contributed by atoms with van der Waals surface area (Å²) in [5.41, 5.74) is 0.927. The molecule has 3 rings (SSSR count). The van der Waals surface area contributed by atoms with Gasteiger partial charge in [-0.2, -0.15) is 13.2 Å². The van der Waals surface area contributed by atoms with Crippen molar-refractivity contribution in [2.24, 2.45) is 0 Å². The van der Waals surface area contributed by atoms with Gasteiger partial charge in [0.2, 0.25) is 0 Å². The molecule has 0 aliphatic heterocycles. The van der Waals surface area contributed by atoms with Gasteiger partial charge in [-0.15, -0.1) is 10.2 Å². The summed E-state index contributed by atoms with van der Waals surface area (Å²) in [5.74, 6) is 0. The minimum absolute atomic E-state index is 0.268. The number of nitrogens with zero attached hydrogens (tertiary/aromatic N) is 2. The van der Waals surface area contributed by atoms with Crippen molar-refractivity contribution in [2.45, 2.75) is 13.1 Å². The average Bonchev–Trinajstić information content (AvgIpc) is 2.47. The highest BCUT2D eigenvalue weighted by Crippen LogP contribution is 2.35. The first-order chi connectivity index (χ1) is 10.4. The zero-order chi connectivity index (χ0) is 15.9. The van der Waals surface area contributed by atoms with Gasteiger partial charge in [-0.25, -0.2) is 0 Å². The highest BCUT2D eigenvalue weighted by molar-refractivity contribution is 6.34. The first kappa shape index (κ1) is 14.8. The highest BCUT2D eigenvalue weighted by Gasteiger charge is 2.30. The topological polar surface area (TPSA) is 25.8 Å². The molecule has 0 N–H and O–H groups in total. The molecular weight excluding hydrogens is 313 g/mol. The van der Waals surface area contributed by atoms with Crippen molar-refractivity contribution in [3.8, 4) is 11.3 Å². The fraction of sp³-hybridized carbons (Fsp3) is 0.125. The van der Waals surface area contributed by atoms with E-state index >= 15 is 0 Å². The quantitative estimate of drug-likeness (QED) is 0.609. The van der Waals surface area contributed by atoms with Crippen LogP contribution in [0.1, 0.15) is 11.1 Å². The van der Waals surface area contributed by atoms with Gasteiger partial charge in [0.05, 0.1) is 5.56 Å². The van der Waals surface area contributed by atoms with Gasteiger partial charge in [0, 0.05) is 16.3 Å². The molecule has 0 saturated heterocycles. The predicted molar refractivity (Wildman–Crippen MR) is 79.7 cm³/mol. The maximum Gasteiger partial charge on any atom is 0.416 e. The summed E-state index contributed by atoms with van der Waals surface area (Å²) in [6, 6.07) is 10.8. The van der Waals surface area contributed by atoms with Crippen LogP contribution in [-0.2, 0) is 6.18 Å². The predicted octanol–water partition coefficient (Wildman–Crippen LogP) is 5.28. The second kappa shape index (κ2) is 5.25. The Hall–Kier alpha value is -2.14. The van der Waals surface area contributed by atoms with E-state index in [0.717, 1.165) is 17.5 Å². The molecule has 1 aromatic heterocycles. The third-order valence-electron chi connectivity index (χ3n) is 3.45. The van der Waals surface area contributed by atoms with E-state index in [1.807, 2.05) is 18.2 Å². The molecule has 0 aliphatic carbocycles. The van der Waals surface area contributed by atoms with Crippen molar-refractivity contribution >= 4 is 22.4 Å². The second-order valence-electron chi connectivity index (χ2n) is 4.91. The Balaban J connectivity index is 2.23. The molecule has 1 heterocycles. The van der Waals surface area contributed by atoms with E-state index in [4.69, 9.17) is 11.6 Å². The van der Waals surface area contributed by atoms with Crippen molar-refractivity contribution in [3.63, 3.8) is 0 Å². The van der Waals surface area contributed by atoms with Crippen molar-refractivity contribution in [1.29, 1.82) is 0 Å². The number of benzene rings is 2. The maximum absolute atomic E-state index is 12.8. The molecule has 0 amide bonds. The van der Waals surface area contributed by atoms with Gasteiger partial charge in [-0.1, -0.05) is 41.9 Å². The number of alkyl halides is 3. The number of hydrogen-bond donors (Lipinski definition) is 0. The Morgan fingerprint density at radius 2 is 1.64 bits per heavy atom. The molecule has 0 aliphatic rings. The van der Waals surface area contributed by atoms with E-state index in [1.165, 1.54) is 6.07 Å². The molecule has 2 nitrogen and oxygen atoms in total. The normalized spacial score (nSPS) is 11.9. The Kier molecular flexibility index (Phi) is 3.53. The van der Waals surface area contributed by atoms with Crippen LogP contribution in [-0.4, -0.2) is 10.2 Å². The molecule has 0 bridgehead atoms. The monoisotopic (exact) mass is 322 g/mol. The summed E-state index contributed by atoms with van der Waals surface area (Å²) in [5, 5.41) is 9.69. The van der Waals surface area contributed by atoms with E-state index in [9.17, 15) is 13.2 Å². The molecular formula is C16H10ClF3N2. The zero-order valence-corrected chi connectivity index (χ0v) is 12.2. The molecule has 0 saturated carbocycles. The fourth-order valence-electron chi connectivity index (χ4n) is 2.38. The smallest absolute Gasteiger partial charge is 0.166 e. The number of aryl methyl sites for hydroxylation is 1. The van der Waals surface area contributed by atoms with Gasteiger partial charge >= 0.3 is 6.18 Å². The lowest BCUT2D eigenvalue weighted by Crippen LogP contribution is -2.05. The van der Waals surface area contributed by atoms with Gasteiger partial charge in [0.25, 0.3) is 0 Å². The van der Waals surface area contributed by atoms with E-state index in [0.29, 0.717) is 22.2 Å². The van der Waals surface area contributed by atoms with E-state index < -0.39 is 11.7 Å². The minimum Gasteiger partial charge on any atom is -0.166 e. The standard InChI is InChI=1S/C16H10ClF3N2/c1-9-8-10(16(18,19)20)6-7-11(9)14-12-4-2-3-5-13(12)15(17)22-21-14/h2-8H,1H3. The molecule has 2 aromatic carbocycles. The SMILES string of the molecule is Cc1cc(C(F)(F)F)ccc1-c1nnc(Cl)c2ccccc12. The zero-order valence-electron chi connectivity index (χ0n) is 11.4. The summed E-state index contributed by atoms with van der Waals surface area (Å²) in [6.45, 7) is 1.62. The largest absolute Gasteiger partial charge is 0.416 e. The lowest BCUT2D eigenvalue weighted by molar-refractivity contribution is -0.137. The summed E-state index contributed by atoms with van der Waals surface area (Å²) in [7, 11) is 0. The lowest BCUT2D eigenvalue weighted by atomic mass is 9.99. The summed E-state index contributed by atoms with van der Waals surface area (Å²) in [6.07, 6.45) is -4.36. The second-order valence-corrected chi connectivity index (χ2v) is 5.27. The number of aromatic nitrogens is 2. The Morgan fingerprint density at radius 1 is 0.955 bits per heavy atom. The van der Waals surface area contributed by atoms with Crippen LogP contribution in [0.25, 0.3) is 22.0 Å². The van der Waals surface area contributed by atoms with Gasteiger partial charge in [0.15, 0.2) is 5.15 Å². The fourth-order valence-corrected chi connectivity index (χ4v) is 2.58. The molecule has 0 atom stereocenters. The van der Waals surface area contributed by atoms with Crippen LogP contribution in [0.3, 0.4) is 0 Å². The van der Waals surface area contributed by atoms with Crippen LogP contribution in [0, 0.1) is 6.92 Å². The van der Waals surface area contributed by atoms with Crippen molar-refractivity contribution in [1.82, 2.24) is 10.2 Å². The number of halogens is 4. The molecule has 22 heavy (non-hydrogen) atoms. The average molecular weight is 323 g/mol. The Bertz CT molecular complexity index is 860. The van der Waals surface area contributed by atoms with E-state index in [-0.39, 0.29) is 5.15 Å². The van der Waals surface area contributed by atoms with Crippen molar-refractivity contribution < 1.29 is 13.2 Å². The van der Waals surface area contributed by atoms with Gasteiger partial charge in [-0.3, -0.25) is 0 Å². The van der Waals surface area contributed by atoms with Crippen LogP contribution in [0.5, 0.6) is 0 Å². The van der Waals surface area contributed by atoms with E-state index in [1.54, 1.807) is 13.0 Å². The molecule has 112 valence electrons. The lowest BCUT2D eigenvalue weighted by Gasteiger charge is -2.12. The highest BCUT2D eigenvalue weighted by atomic mass is 35.5. The van der Waals surface area contributed by atoms with Crippen LogP contribution in [0.4, 0.5) is 13.2 Å². The maximum atomic E-state index is 12.8. The van der Waals surface area contributed by atoms with Crippen LogP contribution in [0.15, 0.2) is 42.5 Å². The molecule has 0 unspecified atom stereocenters. The number of rotatable bonds is 1. The van der Waals surface area contributed by atoms with Crippen molar-refractivity contribution in [3.05, 3.63) is 58.7 Å². The molecule has 6 heteroatoms. The Labute approximate surface area is 129 Å². The molecule has 3 aromatic rings. The minimum atomic E-state index is -4.36. The third-order valence-corrected chi connectivity index (χ3v) is 3.73. The van der Waals surface area contributed by atoms with Crippen molar-refractivity contribution in [2.75, 3.05) is 0 Å². The first-order valence-corrected chi connectivity index (χ1v) is 6.85. The third kappa shape index (κ3) is 2.52. The number of fused-ring (bicyclic) bond motifs is 1. The summed E-state index contributed by atoms with van der Waals surface area (Å²) < 4.78 is 38.3. The summed E-state index contributed by atoms with van der Waals surface area (Å²) >= 11 is 6.02. The summed E-state index contributed by atoms with van der Waals surface area (Å²) in [4.78, 5) is 0. The van der Waals surface area contributed by atoms with Crippen LogP contribution >= 0.6 is 11.6 Å². The number of hydrogen-bond acceptors (Lipinski definition) is 2. The van der Waals surface area contributed by atoms with Gasteiger partial charge in [-0.05, 0) is 24.6 Å². The van der Waals surface area contributed by atoms with Crippen LogP contribution in [0.2, 0.25) is 5.15 Å². The Morgan fingerprint density at radius 3 is 2.27 bits per heavy atom. The molecule has 0 fully saturated rings.